The highest BCUT2D eigenvalue weighted by Crippen LogP contribution is 2.21. The summed E-state index contributed by atoms with van der Waals surface area (Å²) in [6.45, 7) is 3.64. The van der Waals surface area contributed by atoms with Gasteiger partial charge in [-0.1, -0.05) is 35.4 Å². The maximum atomic E-state index is 12.8. The highest BCUT2D eigenvalue weighted by atomic mass is 32.2. The Kier molecular flexibility index (Phi) is 14.6. The fourth-order valence-corrected chi connectivity index (χ4v) is 6.62. The van der Waals surface area contributed by atoms with Gasteiger partial charge in [0.15, 0.2) is 12.4 Å². The number of nitrogens with zero attached hydrogens (tertiary/aromatic N) is 2. The second-order valence-electron chi connectivity index (χ2n) is 13.6. The summed E-state index contributed by atoms with van der Waals surface area (Å²) < 4.78 is 66.4. The molecule has 14 heteroatoms. The largest absolute Gasteiger partial charge is 0.744 e. The standard InChI is InChI=1S/C32H26N4O2.2C7H8O3S/c1-35-21-5-3-7-29(35)23-13-17-27(18-14-23)33-31(37)25-9-11-26(12-10-25)32(38)34-28-19-15-24(16-20-28)30-8-4-6-22-36(30)2;2*1-6-2-4-7(5-3-6)11(8,9)10/h3-22H,1-2H3;2*2-5H,1H3,(H,8,9,10). The summed E-state index contributed by atoms with van der Waals surface area (Å²) in [7, 11) is -4.55. The van der Waals surface area contributed by atoms with Crippen molar-refractivity contribution in [3.8, 4) is 22.5 Å². The molecule has 60 heavy (non-hydrogen) atoms. The van der Waals surface area contributed by atoms with Crippen molar-refractivity contribution in [2.45, 2.75) is 23.6 Å². The van der Waals surface area contributed by atoms with E-state index in [4.69, 9.17) is 0 Å². The molecule has 0 unspecified atom stereocenters. The van der Waals surface area contributed by atoms with Gasteiger partial charge in [-0.3, -0.25) is 9.59 Å². The first-order valence-electron chi connectivity index (χ1n) is 18.4. The molecule has 0 saturated carbocycles. The lowest BCUT2D eigenvalue weighted by Crippen LogP contribution is -2.29. The first-order chi connectivity index (χ1) is 28.5. The van der Waals surface area contributed by atoms with Gasteiger partial charge in [0.05, 0.1) is 9.79 Å². The lowest BCUT2D eigenvalue weighted by molar-refractivity contribution is -0.660. The fraction of sp³-hybridized carbons (Fsp3) is 0.0870. The molecule has 0 aliphatic rings. The van der Waals surface area contributed by atoms with Gasteiger partial charge in [0.25, 0.3) is 11.8 Å². The van der Waals surface area contributed by atoms with Crippen LogP contribution in [-0.2, 0) is 34.3 Å². The third-order valence-electron chi connectivity index (χ3n) is 9.02. The summed E-state index contributed by atoms with van der Waals surface area (Å²) in [6, 6.07) is 45.7. The lowest BCUT2D eigenvalue weighted by atomic mass is 10.1. The Morgan fingerprint density at radius 1 is 0.450 bits per heavy atom. The van der Waals surface area contributed by atoms with Crippen LogP contribution in [0.1, 0.15) is 31.8 Å². The smallest absolute Gasteiger partial charge is 0.255 e. The number of pyridine rings is 2. The highest BCUT2D eigenvalue weighted by molar-refractivity contribution is 7.86. The zero-order valence-electron chi connectivity index (χ0n) is 33.1. The summed E-state index contributed by atoms with van der Waals surface area (Å²) in [4.78, 5) is 25.1. The molecule has 5 aromatic carbocycles. The van der Waals surface area contributed by atoms with Gasteiger partial charge in [-0.05, 0) is 123 Å². The van der Waals surface area contributed by atoms with Crippen molar-refractivity contribution in [2.75, 3.05) is 10.6 Å². The molecule has 306 valence electrons. The number of carbonyl (C=O) groups is 2. The highest BCUT2D eigenvalue weighted by Gasteiger charge is 2.13. The van der Waals surface area contributed by atoms with Crippen molar-refractivity contribution in [2.24, 2.45) is 14.1 Å². The molecular weight excluding hydrogens is 801 g/mol. The fourth-order valence-electron chi connectivity index (χ4n) is 5.68. The van der Waals surface area contributed by atoms with E-state index < -0.39 is 20.2 Å². The molecule has 12 nitrogen and oxygen atoms in total. The van der Waals surface area contributed by atoms with Crippen molar-refractivity contribution < 1.29 is 44.7 Å². The first-order valence-corrected chi connectivity index (χ1v) is 21.2. The molecule has 7 rings (SSSR count). The molecule has 0 aliphatic heterocycles. The molecule has 0 bridgehead atoms. The van der Waals surface area contributed by atoms with Crippen LogP contribution in [0, 0.1) is 13.8 Å². The minimum atomic E-state index is -4.27. The van der Waals surface area contributed by atoms with Crippen LogP contribution in [0.5, 0.6) is 0 Å². The number of anilines is 2. The average Bonchev–Trinajstić information content (AvgIpc) is 3.22. The Labute approximate surface area is 350 Å². The Morgan fingerprint density at radius 2 is 0.767 bits per heavy atom. The molecule has 0 fully saturated rings. The minimum Gasteiger partial charge on any atom is -0.744 e. The lowest BCUT2D eigenvalue weighted by Gasteiger charge is -2.08. The van der Waals surface area contributed by atoms with Gasteiger partial charge in [0, 0.05) is 57.9 Å². The van der Waals surface area contributed by atoms with Crippen molar-refractivity contribution in [3.63, 3.8) is 0 Å². The van der Waals surface area contributed by atoms with Gasteiger partial charge >= 0.3 is 0 Å². The van der Waals surface area contributed by atoms with E-state index in [1.165, 1.54) is 24.3 Å². The van der Waals surface area contributed by atoms with Crippen LogP contribution in [0.3, 0.4) is 0 Å². The second kappa shape index (κ2) is 19.7. The Morgan fingerprint density at radius 3 is 1.05 bits per heavy atom. The van der Waals surface area contributed by atoms with Crippen LogP contribution >= 0.6 is 0 Å². The predicted molar refractivity (Wildman–Crippen MR) is 227 cm³/mol. The monoisotopic (exact) mass is 842 g/mol. The van der Waals surface area contributed by atoms with Crippen molar-refractivity contribution in [1.29, 1.82) is 0 Å². The van der Waals surface area contributed by atoms with Crippen LogP contribution in [0.2, 0.25) is 0 Å². The summed E-state index contributed by atoms with van der Waals surface area (Å²) >= 11 is 0. The van der Waals surface area contributed by atoms with Gasteiger partial charge in [-0.15, -0.1) is 0 Å². The van der Waals surface area contributed by atoms with E-state index >= 15 is 0 Å². The number of aromatic nitrogens is 2. The Hall–Kier alpha value is -6.84. The second-order valence-corrected chi connectivity index (χ2v) is 16.3. The summed E-state index contributed by atoms with van der Waals surface area (Å²) in [5.41, 5.74) is 8.49. The van der Waals surface area contributed by atoms with Gasteiger partial charge in [0.1, 0.15) is 34.3 Å². The van der Waals surface area contributed by atoms with E-state index in [1.807, 2.05) is 134 Å². The number of aryl methyl sites for hydroxylation is 4. The number of benzene rings is 5. The van der Waals surface area contributed by atoms with E-state index in [2.05, 4.69) is 10.6 Å². The molecule has 2 amide bonds. The van der Waals surface area contributed by atoms with E-state index in [0.717, 1.165) is 33.6 Å². The van der Waals surface area contributed by atoms with Crippen LogP contribution in [0.4, 0.5) is 11.4 Å². The van der Waals surface area contributed by atoms with Crippen LogP contribution in [-0.4, -0.2) is 37.8 Å². The summed E-state index contributed by atoms with van der Waals surface area (Å²) in [5, 5.41) is 5.83. The van der Waals surface area contributed by atoms with Gasteiger partial charge in [-0.25, -0.2) is 26.0 Å². The molecule has 0 atom stereocenters. The zero-order chi connectivity index (χ0) is 43.5. The Bertz CT molecular complexity index is 2600. The van der Waals surface area contributed by atoms with Crippen LogP contribution < -0.4 is 19.8 Å². The summed E-state index contributed by atoms with van der Waals surface area (Å²) in [6.07, 6.45) is 3.99. The van der Waals surface area contributed by atoms with Gasteiger partial charge in [0.2, 0.25) is 11.4 Å². The van der Waals surface area contributed by atoms with Crippen LogP contribution in [0.25, 0.3) is 22.5 Å². The minimum absolute atomic E-state index is 0.178. The maximum Gasteiger partial charge on any atom is 0.255 e. The molecule has 0 spiro atoms. The molecule has 0 radical (unpaired) electrons. The number of amides is 2. The van der Waals surface area contributed by atoms with E-state index in [-0.39, 0.29) is 21.6 Å². The normalized spacial score (nSPS) is 10.9. The number of hydrogen-bond donors (Lipinski definition) is 2. The zero-order valence-corrected chi connectivity index (χ0v) is 34.8. The summed E-state index contributed by atoms with van der Waals surface area (Å²) in [5.74, 6) is -0.473. The number of hydrogen-bond acceptors (Lipinski definition) is 8. The SMILES string of the molecule is C[n+]1ccccc1-c1ccc(NC(=O)c2ccc(C(=O)Nc3ccc(-c4cccc[n+]4C)cc3)cc2)cc1.Cc1ccc(S(=O)(=O)[O-])cc1.Cc1ccc(S(=O)(=O)[O-])cc1. The van der Waals surface area contributed by atoms with Crippen LogP contribution in [0.15, 0.2) is 180 Å². The van der Waals surface area contributed by atoms with E-state index in [1.54, 1.807) is 48.5 Å². The van der Waals surface area contributed by atoms with Crippen molar-refractivity contribution >= 4 is 43.4 Å². The Balaban J connectivity index is 0.000000252. The average molecular weight is 843 g/mol. The molecule has 0 saturated heterocycles. The van der Waals surface area contributed by atoms with Gasteiger partial charge < -0.3 is 19.7 Å². The van der Waals surface area contributed by atoms with Crippen molar-refractivity contribution in [1.82, 2.24) is 0 Å². The molecule has 7 aromatic rings. The predicted octanol–water partition coefficient (Wildman–Crippen LogP) is 6.97. The molecular formula is C46H42N4O8S2. The topological polar surface area (TPSA) is 180 Å². The van der Waals surface area contributed by atoms with E-state index in [9.17, 15) is 35.5 Å². The first kappa shape index (κ1) is 44.3. The third kappa shape index (κ3) is 12.6. The number of rotatable bonds is 8. The number of carbonyl (C=O) groups excluding carboxylic acids is 2. The molecule has 0 aliphatic carbocycles. The van der Waals surface area contributed by atoms with E-state index in [0.29, 0.717) is 22.5 Å². The number of nitrogens with one attached hydrogen (secondary N) is 2. The van der Waals surface area contributed by atoms with Gasteiger partial charge in [-0.2, -0.15) is 0 Å². The quantitative estimate of drug-likeness (QED) is 0.122. The molecule has 2 N–H and O–H groups in total. The van der Waals surface area contributed by atoms with Crippen molar-refractivity contribution in [3.05, 3.63) is 192 Å². The molecule has 2 heterocycles. The third-order valence-corrected chi connectivity index (χ3v) is 10.7. The molecule has 2 aromatic heterocycles. The maximum absolute atomic E-state index is 12.8.